The molecule has 0 unspecified atom stereocenters. The van der Waals surface area contributed by atoms with E-state index in [1.807, 2.05) is 0 Å². The molecule has 150 valence electrons. The molecule has 11 heteroatoms. The Hall–Kier alpha value is -3.40. The predicted octanol–water partition coefficient (Wildman–Crippen LogP) is 3.39. The van der Waals surface area contributed by atoms with E-state index in [0.29, 0.717) is 6.07 Å². The number of aromatic amines is 1. The molecule has 0 radical (unpaired) electrons. The Balaban J connectivity index is 1.71. The number of carbonyl (C=O) groups excluding carboxylic acids is 2. The zero-order valence-corrected chi connectivity index (χ0v) is 15.1. The molecule has 2 N–H and O–H groups in total. The van der Waals surface area contributed by atoms with Gasteiger partial charge in [-0.05, 0) is 24.3 Å². The molecule has 0 saturated carbocycles. The number of aromatic nitrogens is 2. The average molecular weight is 426 g/mol. The van der Waals surface area contributed by atoms with Crippen LogP contribution < -0.4 is 10.9 Å². The fraction of sp³-hybridized carbons (Fsp3) is 0.111. The molecule has 0 fully saturated rings. The van der Waals surface area contributed by atoms with Crippen molar-refractivity contribution < 1.29 is 27.5 Å². The third-order valence-corrected chi connectivity index (χ3v) is 4.12. The number of esters is 1. The predicted molar refractivity (Wildman–Crippen MR) is 97.7 cm³/mol. The molecule has 0 spiro atoms. The lowest BCUT2D eigenvalue weighted by molar-refractivity contribution is -0.137. The molecule has 1 heterocycles. The van der Waals surface area contributed by atoms with Crippen LogP contribution >= 0.6 is 11.6 Å². The van der Waals surface area contributed by atoms with Gasteiger partial charge >= 0.3 is 12.1 Å². The smallest absolute Gasteiger partial charge is 0.416 e. The van der Waals surface area contributed by atoms with Crippen molar-refractivity contribution >= 4 is 39.9 Å². The first-order valence-electron chi connectivity index (χ1n) is 7.98. The van der Waals surface area contributed by atoms with E-state index in [4.69, 9.17) is 16.3 Å². The number of anilines is 1. The number of rotatable bonds is 4. The maximum absolute atomic E-state index is 12.8. The number of H-pyrrole nitrogens is 1. The topological polar surface area (TPSA) is 101 Å². The summed E-state index contributed by atoms with van der Waals surface area (Å²) in [4.78, 5) is 35.9. The van der Waals surface area contributed by atoms with Crippen molar-refractivity contribution in [2.45, 2.75) is 6.18 Å². The summed E-state index contributed by atoms with van der Waals surface area (Å²) >= 11 is 5.80. The molecule has 0 aliphatic rings. The third-order valence-electron chi connectivity index (χ3n) is 3.79. The number of hydrogen-bond donors (Lipinski definition) is 2. The minimum Gasteiger partial charge on any atom is -0.451 e. The quantitative estimate of drug-likeness (QED) is 0.624. The van der Waals surface area contributed by atoms with Crippen LogP contribution in [0, 0.1) is 0 Å². The van der Waals surface area contributed by atoms with Gasteiger partial charge in [0.2, 0.25) is 0 Å². The zero-order valence-electron chi connectivity index (χ0n) is 14.3. The van der Waals surface area contributed by atoms with Crippen LogP contribution in [0.25, 0.3) is 10.8 Å². The number of benzene rings is 2. The highest BCUT2D eigenvalue weighted by Crippen LogP contribution is 2.33. The first-order chi connectivity index (χ1) is 13.7. The highest BCUT2D eigenvalue weighted by Gasteiger charge is 2.31. The molecule has 1 amide bonds. The largest absolute Gasteiger partial charge is 0.451 e. The Bertz CT molecular complexity index is 1160. The fourth-order valence-corrected chi connectivity index (χ4v) is 2.62. The van der Waals surface area contributed by atoms with Crippen molar-refractivity contribution in [1.82, 2.24) is 10.2 Å². The monoisotopic (exact) mass is 425 g/mol. The van der Waals surface area contributed by atoms with Gasteiger partial charge in [-0.25, -0.2) is 9.89 Å². The van der Waals surface area contributed by atoms with E-state index < -0.39 is 35.8 Å². The van der Waals surface area contributed by atoms with Crippen molar-refractivity contribution in [3.8, 4) is 0 Å². The van der Waals surface area contributed by atoms with Crippen molar-refractivity contribution in [3.05, 3.63) is 69.1 Å². The summed E-state index contributed by atoms with van der Waals surface area (Å²) in [6, 6.07) is 8.57. The van der Waals surface area contributed by atoms with E-state index >= 15 is 0 Å². The van der Waals surface area contributed by atoms with Gasteiger partial charge in [0, 0.05) is 5.39 Å². The molecule has 0 aliphatic heterocycles. The number of halogens is 4. The Morgan fingerprint density at radius 2 is 1.83 bits per heavy atom. The van der Waals surface area contributed by atoms with Crippen LogP contribution in [0.5, 0.6) is 0 Å². The van der Waals surface area contributed by atoms with Gasteiger partial charge in [-0.15, -0.1) is 0 Å². The molecule has 0 atom stereocenters. The van der Waals surface area contributed by atoms with Crippen LogP contribution in [0.15, 0.2) is 47.3 Å². The maximum atomic E-state index is 12.8. The van der Waals surface area contributed by atoms with E-state index in [-0.39, 0.29) is 27.2 Å². The number of hydrogen-bond acceptors (Lipinski definition) is 5. The number of nitrogens with one attached hydrogen (secondary N) is 2. The zero-order chi connectivity index (χ0) is 21.2. The molecule has 1 aromatic heterocycles. The van der Waals surface area contributed by atoms with Crippen molar-refractivity contribution in [1.29, 1.82) is 0 Å². The Kier molecular flexibility index (Phi) is 5.55. The highest BCUT2D eigenvalue weighted by atomic mass is 35.5. The minimum absolute atomic E-state index is 0.119. The summed E-state index contributed by atoms with van der Waals surface area (Å²) in [5.41, 5.74) is -2.01. The van der Waals surface area contributed by atoms with Crippen molar-refractivity contribution in [2.24, 2.45) is 0 Å². The van der Waals surface area contributed by atoms with Crippen LogP contribution in [-0.4, -0.2) is 28.7 Å². The average Bonchev–Trinajstić information content (AvgIpc) is 2.67. The second-order valence-electron chi connectivity index (χ2n) is 5.76. The second-order valence-corrected chi connectivity index (χ2v) is 6.17. The summed E-state index contributed by atoms with van der Waals surface area (Å²) in [7, 11) is 0. The van der Waals surface area contributed by atoms with Gasteiger partial charge in [-0.1, -0.05) is 29.8 Å². The van der Waals surface area contributed by atoms with Gasteiger partial charge in [0.1, 0.15) is 0 Å². The van der Waals surface area contributed by atoms with Crippen LogP contribution in [0.1, 0.15) is 16.1 Å². The summed E-state index contributed by atoms with van der Waals surface area (Å²) in [5, 5.41) is 8.24. The number of fused-ring (bicyclic) bond motifs is 1. The number of carbonyl (C=O) groups is 2. The number of ether oxygens (including phenoxy) is 1. The molecule has 3 aromatic rings. The van der Waals surface area contributed by atoms with Crippen LogP contribution in [0.2, 0.25) is 5.02 Å². The lowest BCUT2D eigenvalue weighted by atomic mass is 10.1. The van der Waals surface area contributed by atoms with Gasteiger partial charge < -0.3 is 10.1 Å². The molecule has 2 aromatic carbocycles. The highest BCUT2D eigenvalue weighted by molar-refractivity contribution is 6.33. The van der Waals surface area contributed by atoms with Gasteiger partial charge in [0.05, 0.1) is 21.7 Å². The molecule has 3 rings (SSSR count). The van der Waals surface area contributed by atoms with Gasteiger partial charge in [-0.3, -0.25) is 9.59 Å². The Morgan fingerprint density at radius 3 is 2.52 bits per heavy atom. The lowest BCUT2D eigenvalue weighted by Gasteiger charge is -2.12. The van der Waals surface area contributed by atoms with E-state index in [0.717, 1.165) is 12.1 Å². The van der Waals surface area contributed by atoms with Crippen LogP contribution in [-0.2, 0) is 15.7 Å². The number of alkyl halides is 3. The van der Waals surface area contributed by atoms with Gasteiger partial charge in [0.25, 0.3) is 11.5 Å². The van der Waals surface area contributed by atoms with Crippen LogP contribution in [0.3, 0.4) is 0 Å². The Labute approximate surface area is 165 Å². The van der Waals surface area contributed by atoms with Gasteiger partial charge in [0.15, 0.2) is 12.3 Å². The summed E-state index contributed by atoms with van der Waals surface area (Å²) in [6.45, 7) is -0.805. The van der Waals surface area contributed by atoms with E-state index in [1.165, 1.54) is 12.1 Å². The maximum Gasteiger partial charge on any atom is 0.416 e. The first kappa shape index (κ1) is 20.3. The summed E-state index contributed by atoms with van der Waals surface area (Å²) in [6.07, 6.45) is -4.62. The molecule has 7 nitrogen and oxygen atoms in total. The molecular weight excluding hydrogens is 415 g/mol. The minimum atomic E-state index is -4.62. The Morgan fingerprint density at radius 1 is 1.14 bits per heavy atom. The van der Waals surface area contributed by atoms with Crippen molar-refractivity contribution in [2.75, 3.05) is 11.9 Å². The summed E-state index contributed by atoms with van der Waals surface area (Å²) in [5.74, 6) is -1.91. The third kappa shape index (κ3) is 4.54. The van der Waals surface area contributed by atoms with E-state index in [1.54, 1.807) is 12.1 Å². The SMILES string of the molecule is O=C(COC(=O)c1n[nH]c(=O)c2ccccc12)Nc1cc(C(F)(F)F)ccc1Cl. The van der Waals surface area contributed by atoms with Crippen LogP contribution in [0.4, 0.5) is 18.9 Å². The van der Waals surface area contributed by atoms with Gasteiger partial charge in [-0.2, -0.15) is 18.3 Å². The lowest BCUT2D eigenvalue weighted by Crippen LogP contribution is -2.23. The number of amides is 1. The first-order valence-corrected chi connectivity index (χ1v) is 8.36. The van der Waals surface area contributed by atoms with E-state index in [2.05, 4.69) is 15.5 Å². The fourth-order valence-electron chi connectivity index (χ4n) is 2.45. The molecule has 0 aliphatic carbocycles. The normalized spacial score (nSPS) is 11.3. The molecular formula is C18H11ClF3N3O4. The molecule has 0 bridgehead atoms. The number of nitrogens with zero attached hydrogens (tertiary/aromatic N) is 1. The van der Waals surface area contributed by atoms with Crippen molar-refractivity contribution in [3.63, 3.8) is 0 Å². The summed E-state index contributed by atoms with van der Waals surface area (Å²) < 4.78 is 43.2. The van der Waals surface area contributed by atoms with E-state index in [9.17, 15) is 27.6 Å². The second kappa shape index (κ2) is 7.92. The standard InChI is InChI=1S/C18H11ClF3N3O4/c19-12-6-5-9(18(20,21)22)7-13(12)23-14(26)8-29-17(28)15-10-3-1-2-4-11(10)16(27)25-24-15/h1-7H,8H2,(H,23,26)(H,25,27). The molecule has 29 heavy (non-hydrogen) atoms. The molecule has 0 saturated heterocycles.